The van der Waals surface area contributed by atoms with Gasteiger partial charge in [-0.05, 0) is 64.0 Å². The first-order valence-electron chi connectivity index (χ1n) is 9.12. The summed E-state index contributed by atoms with van der Waals surface area (Å²) >= 11 is 2.01. The Bertz CT molecular complexity index is 1040. The fourth-order valence-electron chi connectivity index (χ4n) is 3.58. The molecule has 0 bridgehead atoms. The molecule has 0 saturated carbocycles. The largest absolute Gasteiger partial charge is 0.134 e. The molecule has 1 aliphatic rings. The van der Waals surface area contributed by atoms with Gasteiger partial charge in [0.25, 0.3) is 0 Å². The Morgan fingerprint density at radius 3 is 1.59 bits per heavy atom. The van der Waals surface area contributed by atoms with Gasteiger partial charge in [0.1, 0.15) is 0 Å². The van der Waals surface area contributed by atoms with Crippen molar-refractivity contribution in [1.82, 2.24) is 0 Å². The molecule has 0 fully saturated rings. The van der Waals surface area contributed by atoms with Crippen LogP contribution < -0.4 is 0 Å². The van der Waals surface area contributed by atoms with Crippen LogP contribution in [0.3, 0.4) is 0 Å². The van der Waals surface area contributed by atoms with Crippen molar-refractivity contribution in [2.45, 2.75) is 0 Å². The zero-order valence-electron chi connectivity index (χ0n) is 15.7. The first kappa shape index (κ1) is 18.2. The number of allylic oxidation sites excluding steroid dienone is 3. The summed E-state index contributed by atoms with van der Waals surface area (Å²) in [6.45, 7) is 2.46. The molecular weight excluding hydrogens is 363 g/mol. The summed E-state index contributed by atoms with van der Waals surface area (Å²) in [5.41, 5.74) is 5.22. The second-order valence-corrected chi connectivity index (χ2v) is 13.2. The molecule has 0 aromatic heterocycles. The highest BCUT2D eigenvalue weighted by Crippen LogP contribution is 2.69. The van der Waals surface area contributed by atoms with E-state index >= 15 is 0 Å². The van der Waals surface area contributed by atoms with Crippen molar-refractivity contribution in [3.63, 3.8) is 0 Å². The third-order valence-electron chi connectivity index (χ3n) is 5.12. The molecule has 0 nitrogen and oxygen atoms in total. The van der Waals surface area contributed by atoms with Gasteiger partial charge in [0, 0.05) is 0 Å². The van der Waals surface area contributed by atoms with Crippen molar-refractivity contribution in [2.75, 3.05) is 12.9 Å². The first-order chi connectivity index (χ1) is 13.2. The molecule has 4 rings (SSSR count). The lowest BCUT2D eigenvalue weighted by Gasteiger charge is -2.31. The Morgan fingerprint density at radius 1 is 0.593 bits per heavy atom. The zero-order chi connectivity index (χ0) is 18.7. The minimum Gasteiger partial charge on any atom is -0.134 e. The lowest BCUT2D eigenvalue weighted by atomic mass is 10.0. The van der Waals surface area contributed by atoms with Gasteiger partial charge in [0.2, 0.25) is 0 Å². The molecule has 3 aromatic rings. The first-order valence-corrected chi connectivity index (χ1v) is 13.2. The maximum atomic E-state index is 2.46. The molecule has 1 unspecified atom stereocenters. The van der Waals surface area contributed by atoms with Crippen molar-refractivity contribution in [1.29, 1.82) is 0 Å². The molecule has 0 radical (unpaired) electrons. The SMILES string of the molecule is CSP1(C)=C(c2ccccc2)C=C(c2ccccc2)C=C1c1ccccc1. The predicted molar refractivity (Wildman–Crippen MR) is 126 cm³/mol. The fraction of sp³-hybridized carbons (Fsp3) is 0.0800. The van der Waals surface area contributed by atoms with Crippen LogP contribution >= 0.6 is 17.5 Å². The fourth-order valence-corrected chi connectivity index (χ4v) is 8.42. The molecule has 3 aromatic carbocycles. The lowest BCUT2D eigenvalue weighted by Crippen LogP contribution is -2.06. The van der Waals surface area contributed by atoms with Gasteiger partial charge in [-0.15, -0.1) is 11.4 Å². The van der Waals surface area contributed by atoms with E-state index in [0.717, 1.165) is 0 Å². The smallest absolute Gasteiger partial charge is 0.00669 e. The van der Waals surface area contributed by atoms with Crippen LogP contribution in [-0.4, -0.2) is 18.2 Å². The summed E-state index contributed by atoms with van der Waals surface area (Å²) < 4.78 is 0. The summed E-state index contributed by atoms with van der Waals surface area (Å²) in [6, 6.07) is 32.5. The maximum Gasteiger partial charge on any atom is -0.00669 e. The van der Waals surface area contributed by atoms with Gasteiger partial charge in [-0.3, -0.25) is 0 Å². The van der Waals surface area contributed by atoms with E-state index in [1.807, 2.05) is 11.4 Å². The monoisotopic (exact) mass is 386 g/mol. The standard InChI is InChI=1S/C25H23PS/c1-26(27-2)24(21-14-8-4-9-15-21)18-23(20-12-6-3-7-13-20)19-25(26)22-16-10-5-11-17-22/h3-19H,1-2H3. The van der Waals surface area contributed by atoms with E-state index in [2.05, 4.69) is 116 Å². The molecule has 2 heteroatoms. The maximum absolute atomic E-state index is 2.46. The van der Waals surface area contributed by atoms with Gasteiger partial charge < -0.3 is 0 Å². The Kier molecular flexibility index (Phi) is 5.25. The third kappa shape index (κ3) is 3.50. The van der Waals surface area contributed by atoms with E-state index in [-0.39, 0.29) is 0 Å². The van der Waals surface area contributed by atoms with Crippen LogP contribution in [0.4, 0.5) is 0 Å². The minimum absolute atomic E-state index is 1.27. The van der Waals surface area contributed by atoms with Crippen LogP contribution in [0.5, 0.6) is 0 Å². The van der Waals surface area contributed by atoms with Crippen molar-refractivity contribution in [2.24, 2.45) is 0 Å². The van der Waals surface area contributed by atoms with Gasteiger partial charge >= 0.3 is 0 Å². The summed E-state index contributed by atoms with van der Waals surface area (Å²) in [4.78, 5) is 0. The number of hydrogen-bond donors (Lipinski definition) is 0. The molecule has 0 N–H and O–H groups in total. The summed E-state index contributed by atoms with van der Waals surface area (Å²) in [5, 5.41) is 2.94. The van der Waals surface area contributed by atoms with Crippen LogP contribution in [-0.2, 0) is 0 Å². The Morgan fingerprint density at radius 2 is 1.07 bits per heavy atom. The summed E-state index contributed by atoms with van der Waals surface area (Å²) in [7, 11) is 0. The summed E-state index contributed by atoms with van der Waals surface area (Å²) in [5.74, 6) is 0. The van der Waals surface area contributed by atoms with E-state index in [1.165, 1.54) is 32.9 Å². The molecule has 1 aliphatic heterocycles. The molecule has 1 heterocycles. The zero-order valence-corrected chi connectivity index (χ0v) is 17.4. The highest BCUT2D eigenvalue weighted by atomic mass is 32.7. The molecule has 27 heavy (non-hydrogen) atoms. The molecule has 0 spiro atoms. The van der Waals surface area contributed by atoms with Crippen LogP contribution in [0, 0.1) is 0 Å². The number of rotatable bonds is 4. The van der Waals surface area contributed by atoms with Crippen molar-refractivity contribution in [3.8, 4) is 0 Å². The van der Waals surface area contributed by atoms with E-state index in [4.69, 9.17) is 0 Å². The molecule has 0 amide bonds. The van der Waals surface area contributed by atoms with Gasteiger partial charge in [0.05, 0.1) is 0 Å². The molecule has 0 saturated heterocycles. The minimum atomic E-state index is -1.55. The average Bonchev–Trinajstić information content (AvgIpc) is 2.75. The molecule has 0 aliphatic carbocycles. The van der Waals surface area contributed by atoms with Gasteiger partial charge in [-0.1, -0.05) is 91.0 Å². The quantitative estimate of drug-likeness (QED) is 0.425. The normalized spacial score (nSPS) is 19.4. The summed E-state index contributed by atoms with van der Waals surface area (Å²) in [6.07, 6.45) is 5.55. The Hall–Kier alpha value is -2.21. The van der Waals surface area contributed by atoms with Gasteiger partial charge in [0.15, 0.2) is 0 Å². The Labute approximate surface area is 166 Å². The van der Waals surface area contributed by atoms with Gasteiger partial charge in [-0.2, -0.15) is 0 Å². The predicted octanol–water partition coefficient (Wildman–Crippen LogP) is 7.27. The number of hydrogen-bond acceptors (Lipinski definition) is 1. The average molecular weight is 387 g/mol. The highest BCUT2D eigenvalue weighted by Gasteiger charge is 2.27. The molecule has 134 valence electrons. The molecular formula is C25H23PS. The van der Waals surface area contributed by atoms with Crippen LogP contribution in [0.1, 0.15) is 16.7 Å². The van der Waals surface area contributed by atoms with Crippen LogP contribution in [0.25, 0.3) is 10.9 Å². The second-order valence-electron chi connectivity index (χ2n) is 6.72. The van der Waals surface area contributed by atoms with Gasteiger partial charge in [-0.25, -0.2) is 0 Å². The van der Waals surface area contributed by atoms with Crippen LogP contribution in [0.15, 0.2) is 103 Å². The second kappa shape index (κ2) is 7.80. The number of benzene rings is 3. The van der Waals surface area contributed by atoms with Crippen LogP contribution in [0.2, 0.25) is 0 Å². The van der Waals surface area contributed by atoms with Crippen molar-refractivity contribution < 1.29 is 0 Å². The highest BCUT2D eigenvalue weighted by molar-refractivity contribution is 8.64. The van der Waals surface area contributed by atoms with E-state index in [1.54, 1.807) is 0 Å². The third-order valence-corrected chi connectivity index (χ3v) is 11.8. The van der Waals surface area contributed by atoms with Crippen molar-refractivity contribution >= 4 is 33.7 Å². The molecule has 1 atom stereocenters. The Balaban J connectivity index is 2.03. The lowest BCUT2D eigenvalue weighted by molar-refractivity contribution is 1.61. The van der Waals surface area contributed by atoms with E-state index in [0.29, 0.717) is 0 Å². The van der Waals surface area contributed by atoms with Crippen molar-refractivity contribution in [3.05, 3.63) is 120 Å². The van der Waals surface area contributed by atoms with E-state index in [9.17, 15) is 0 Å². The van der Waals surface area contributed by atoms with E-state index < -0.39 is 6.09 Å². The topological polar surface area (TPSA) is 0 Å².